The van der Waals surface area contributed by atoms with E-state index in [0.29, 0.717) is 0 Å². The maximum Gasteiger partial charge on any atom is 0.324 e. The molecule has 1 atom stereocenters. The minimum absolute atomic E-state index is 0.128. The van der Waals surface area contributed by atoms with Crippen molar-refractivity contribution < 1.29 is 17.9 Å². The minimum atomic E-state index is -3.54. The number of esters is 1. The van der Waals surface area contributed by atoms with Gasteiger partial charge in [-0.05, 0) is 31.4 Å². The standard InChI is InChI=1S/C14H20O4S/c1-4-13(14(15)18-5-2)19(16,17)10-12-9-7-6-8-11(12)3/h6-9,13H,4-5,10H2,1-3H3. The third-order valence-corrected chi connectivity index (χ3v) is 5.08. The summed E-state index contributed by atoms with van der Waals surface area (Å²) in [5.41, 5.74) is 1.63. The van der Waals surface area contributed by atoms with Crippen molar-refractivity contribution in [2.75, 3.05) is 6.61 Å². The molecule has 0 aliphatic heterocycles. The van der Waals surface area contributed by atoms with E-state index in [2.05, 4.69) is 0 Å². The summed E-state index contributed by atoms with van der Waals surface area (Å²) in [5.74, 6) is -0.782. The van der Waals surface area contributed by atoms with Crippen LogP contribution in [0.3, 0.4) is 0 Å². The molecular formula is C14H20O4S. The normalized spacial score (nSPS) is 13.0. The molecule has 0 saturated carbocycles. The highest BCUT2D eigenvalue weighted by molar-refractivity contribution is 7.92. The second-order valence-electron chi connectivity index (χ2n) is 4.38. The van der Waals surface area contributed by atoms with Crippen LogP contribution in [0.15, 0.2) is 24.3 Å². The highest BCUT2D eigenvalue weighted by atomic mass is 32.2. The van der Waals surface area contributed by atoms with Gasteiger partial charge < -0.3 is 4.74 Å². The zero-order chi connectivity index (χ0) is 14.5. The molecule has 0 spiro atoms. The maximum atomic E-state index is 12.3. The number of rotatable bonds is 6. The number of ether oxygens (including phenoxy) is 1. The van der Waals surface area contributed by atoms with Crippen molar-refractivity contribution in [3.63, 3.8) is 0 Å². The van der Waals surface area contributed by atoms with Crippen LogP contribution in [0, 0.1) is 6.92 Å². The van der Waals surface area contributed by atoms with Gasteiger partial charge in [-0.25, -0.2) is 8.42 Å². The summed E-state index contributed by atoms with van der Waals surface area (Å²) in [6.45, 7) is 5.39. The van der Waals surface area contributed by atoms with Crippen LogP contribution in [0.4, 0.5) is 0 Å². The Morgan fingerprint density at radius 2 is 1.89 bits per heavy atom. The summed E-state index contributed by atoms with van der Waals surface area (Å²) >= 11 is 0. The third kappa shape index (κ3) is 4.06. The second-order valence-corrected chi connectivity index (χ2v) is 6.57. The highest BCUT2D eigenvalue weighted by Crippen LogP contribution is 2.17. The van der Waals surface area contributed by atoms with E-state index in [1.165, 1.54) is 0 Å². The molecule has 0 radical (unpaired) electrons. The Morgan fingerprint density at radius 1 is 1.26 bits per heavy atom. The number of carbonyl (C=O) groups is 1. The van der Waals surface area contributed by atoms with Gasteiger partial charge in [0.15, 0.2) is 15.1 Å². The topological polar surface area (TPSA) is 60.4 Å². The number of benzene rings is 1. The predicted octanol–water partition coefficient (Wildman–Crippen LogP) is 2.25. The van der Waals surface area contributed by atoms with Gasteiger partial charge in [-0.15, -0.1) is 0 Å². The fraction of sp³-hybridized carbons (Fsp3) is 0.500. The monoisotopic (exact) mass is 284 g/mol. The summed E-state index contributed by atoms with van der Waals surface area (Å²) < 4.78 is 29.4. The van der Waals surface area contributed by atoms with Crippen LogP contribution in [0.25, 0.3) is 0 Å². The van der Waals surface area contributed by atoms with E-state index in [1.54, 1.807) is 26.0 Å². The van der Waals surface area contributed by atoms with Crippen molar-refractivity contribution in [1.82, 2.24) is 0 Å². The van der Waals surface area contributed by atoms with Gasteiger partial charge in [0.05, 0.1) is 12.4 Å². The van der Waals surface area contributed by atoms with Gasteiger partial charge in [0.2, 0.25) is 0 Å². The number of sulfone groups is 1. The zero-order valence-electron chi connectivity index (χ0n) is 11.5. The Balaban J connectivity index is 2.97. The summed E-state index contributed by atoms with van der Waals surface area (Å²) in [7, 11) is -3.54. The van der Waals surface area contributed by atoms with E-state index in [-0.39, 0.29) is 18.8 Å². The van der Waals surface area contributed by atoms with Crippen LogP contribution in [0.2, 0.25) is 0 Å². The van der Waals surface area contributed by atoms with Gasteiger partial charge in [-0.1, -0.05) is 31.2 Å². The lowest BCUT2D eigenvalue weighted by Crippen LogP contribution is -2.32. The lowest BCUT2D eigenvalue weighted by molar-refractivity contribution is -0.142. The van der Waals surface area contributed by atoms with Crippen LogP contribution in [-0.2, 0) is 25.1 Å². The summed E-state index contributed by atoms with van der Waals surface area (Å²) in [6, 6.07) is 7.28. The Kier molecular flexibility index (Phi) is 5.54. The van der Waals surface area contributed by atoms with Crippen molar-refractivity contribution in [2.45, 2.75) is 38.2 Å². The number of hydrogen-bond acceptors (Lipinski definition) is 4. The quantitative estimate of drug-likeness (QED) is 0.752. The molecule has 1 unspecified atom stereocenters. The largest absolute Gasteiger partial charge is 0.465 e. The molecule has 19 heavy (non-hydrogen) atoms. The van der Waals surface area contributed by atoms with E-state index in [4.69, 9.17) is 4.74 Å². The molecule has 0 amide bonds. The van der Waals surface area contributed by atoms with Gasteiger partial charge in [0.25, 0.3) is 0 Å². The van der Waals surface area contributed by atoms with E-state index in [9.17, 15) is 13.2 Å². The van der Waals surface area contributed by atoms with E-state index < -0.39 is 21.1 Å². The SMILES string of the molecule is CCOC(=O)C(CC)S(=O)(=O)Cc1ccccc1C. The Hall–Kier alpha value is -1.36. The van der Waals surface area contributed by atoms with Crippen LogP contribution in [0.5, 0.6) is 0 Å². The van der Waals surface area contributed by atoms with Crippen LogP contribution in [-0.4, -0.2) is 26.2 Å². The van der Waals surface area contributed by atoms with Gasteiger partial charge >= 0.3 is 5.97 Å². The molecule has 1 aromatic rings. The average molecular weight is 284 g/mol. The molecule has 0 N–H and O–H groups in total. The van der Waals surface area contributed by atoms with E-state index >= 15 is 0 Å². The number of carbonyl (C=O) groups excluding carboxylic acids is 1. The summed E-state index contributed by atoms with van der Waals surface area (Å²) in [4.78, 5) is 11.7. The third-order valence-electron chi connectivity index (χ3n) is 2.97. The van der Waals surface area contributed by atoms with Crippen molar-refractivity contribution in [3.8, 4) is 0 Å². The molecule has 0 saturated heterocycles. The maximum absolute atomic E-state index is 12.3. The Morgan fingerprint density at radius 3 is 2.42 bits per heavy atom. The molecular weight excluding hydrogens is 264 g/mol. The summed E-state index contributed by atoms with van der Waals surface area (Å²) in [6.07, 6.45) is 0.229. The molecule has 1 aromatic carbocycles. The fourth-order valence-corrected chi connectivity index (χ4v) is 3.72. The second kappa shape index (κ2) is 6.70. The van der Waals surface area contributed by atoms with Gasteiger partial charge in [-0.3, -0.25) is 4.79 Å². The molecule has 5 heteroatoms. The first-order valence-corrected chi connectivity index (χ1v) is 8.06. The fourth-order valence-electron chi connectivity index (χ4n) is 1.89. The first-order chi connectivity index (χ1) is 8.92. The van der Waals surface area contributed by atoms with Gasteiger partial charge in [-0.2, -0.15) is 0 Å². The first-order valence-electron chi connectivity index (χ1n) is 6.35. The van der Waals surface area contributed by atoms with Gasteiger partial charge in [0, 0.05) is 0 Å². The van der Waals surface area contributed by atoms with Crippen LogP contribution in [0.1, 0.15) is 31.4 Å². The molecule has 0 aliphatic rings. The zero-order valence-corrected chi connectivity index (χ0v) is 12.4. The predicted molar refractivity (Wildman–Crippen MR) is 74.5 cm³/mol. The highest BCUT2D eigenvalue weighted by Gasteiger charge is 2.32. The first kappa shape index (κ1) is 15.7. The molecule has 0 bridgehead atoms. The van der Waals surface area contributed by atoms with Crippen molar-refractivity contribution in [1.29, 1.82) is 0 Å². The molecule has 0 aliphatic carbocycles. The average Bonchev–Trinajstić information content (AvgIpc) is 2.32. The van der Waals surface area contributed by atoms with Crippen molar-refractivity contribution in [3.05, 3.63) is 35.4 Å². The van der Waals surface area contributed by atoms with E-state index in [0.717, 1.165) is 11.1 Å². The van der Waals surface area contributed by atoms with E-state index in [1.807, 2.05) is 19.1 Å². The Labute approximate surface area is 114 Å². The lowest BCUT2D eigenvalue weighted by atomic mass is 10.1. The van der Waals surface area contributed by atoms with Crippen LogP contribution >= 0.6 is 0 Å². The van der Waals surface area contributed by atoms with Gasteiger partial charge in [0.1, 0.15) is 0 Å². The van der Waals surface area contributed by atoms with Crippen LogP contribution < -0.4 is 0 Å². The molecule has 1 rings (SSSR count). The molecule has 0 heterocycles. The number of aryl methyl sites for hydroxylation is 1. The molecule has 0 aromatic heterocycles. The molecule has 106 valence electrons. The smallest absolute Gasteiger partial charge is 0.324 e. The minimum Gasteiger partial charge on any atom is -0.465 e. The van der Waals surface area contributed by atoms with Crippen molar-refractivity contribution in [2.24, 2.45) is 0 Å². The lowest BCUT2D eigenvalue weighted by Gasteiger charge is -2.15. The Bertz CT molecular complexity index is 534. The number of hydrogen-bond donors (Lipinski definition) is 0. The molecule has 0 fully saturated rings. The molecule has 4 nitrogen and oxygen atoms in total. The summed E-state index contributed by atoms with van der Waals surface area (Å²) in [5, 5.41) is -1.08. The van der Waals surface area contributed by atoms with Crippen molar-refractivity contribution >= 4 is 15.8 Å².